The van der Waals surface area contributed by atoms with Crippen LogP contribution in [0, 0.1) is 0 Å². The summed E-state index contributed by atoms with van der Waals surface area (Å²) in [5.74, 6) is -0.319. The minimum Gasteiger partial charge on any atom is -0.465 e. The number of benzene rings is 1. The van der Waals surface area contributed by atoms with Crippen molar-refractivity contribution in [2.45, 2.75) is 12.6 Å². The first-order chi connectivity index (χ1) is 7.24. The summed E-state index contributed by atoms with van der Waals surface area (Å²) >= 11 is 0. The van der Waals surface area contributed by atoms with Crippen LogP contribution in [0.25, 0.3) is 0 Å². The van der Waals surface area contributed by atoms with Crippen LogP contribution in [0.2, 0.25) is 0 Å². The van der Waals surface area contributed by atoms with Crippen LogP contribution in [-0.4, -0.2) is 26.4 Å². The van der Waals surface area contributed by atoms with Crippen LogP contribution in [0.4, 0.5) is 5.69 Å². The molecule has 0 bridgehead atoms. The fourth-order valence-corrected chi connectivity index (χ4v) is 1.70. The molecule has 0 radical (unpaired) electrons. The lowest BCUT2D eigenvalue weighted by atomic mass is 10.1. The van der Waals surface area contributed by atoms with Gasteiger partial charge in [0.1, 0.15) is 6.23 Å². The number of carbonyl (C=O) groups excluding carboxylic acids is 1. The number of nitrogens with one attached hydrogen (secondary N) is 1. The molecule has 0 spiro atoms. The van der Waals surface area contributed by atoms with E-state index in [4.69, 9.17) is 4.74 Å². The maximum Gasteiger partial charge on any atom is 0.337 e. The zero-order valence-electron chi connectivity index (χ0n) is 8.74. The molecule has 0 saturated heterocycles. The van der Waals surface area contributed by atoms with Gasteiger partial charge in [-0.1, -0.05) is 6.07 Å². The fourth-order valence-electron chi connectivity index (χ4n) is 1.70. The molecular weight excluding hydrogens is 194 g/mol. The summed E-state index contributed by atoms with van der Waals surface area (Å²) in [6.45, 7) is 0. The minimum absolute atomic E-state index is 0.00731. The van der Waals surface area contributed by atoms with Crippen molar-refractivity contribution in [3.63, 3.8) is 0 Å². The molecule has 0 saturated carbocycles. The van der Waals surface area contributed by atoms with E-state index in [1.54, 1.807) is 19.2 Å². The number of hydrogen-bond donors (Lipinski definition) is 1. The second kappa shape index (κ2) is 3.90. The van der Waals surface area contributed by atoms with Crippen molar-refractivity contribution in [1.29, 1.82) is 0 Å². The van der Waals surface area contributed by atoms with Crippen molar-refractivity contribution in [1.82, 2.24) is 0 Å². The van der Waals surface area contributed by atoms with Crippen molar-refractivity contribution in [3.8, 4) is 0 Å². The summed E-state index contributed by atoms with van der Waals surface area (Å²) in [4.78, 5) is 11.3. The Labute approximate surface area is 88.2 Å². The molecule has 80 valence electrons. The predicted octanol–water partition coefficient (Wildman–Crippen LogP) is 1.41. The maximum absolute atomic E-state index is 11.3. The average molecular weight is 207 g/mol. The Morgan fingerprint density at radius 2 is 2.27 bits per heavy atom. The molecule has 2 rings (SSSR count). The summed E-state index contributed by atoms with van der Waals surface area (Å²) < 4.78 is 9.84. The maximum atomic E-state index is 11.3. The number of anilines is 1. The third kappa shape index (κ3) is 1.80. The molecule has 4 heteroatoms. The molecular formula is C11H13NO3. The van der Waals surface area contributed by atoms with Crippen LogP contribution < -0.4 is 5.32 Å². The first kappa shape index (κ1) is 9.98. The summed E-state index contributed by atoms with van der Waals surface area (Å²) in [5, 5.41) is 3.17. The molecule has 1 heterocycles. The number of ether oxygens (including phenoxy) is 2. The molecule has 15 heavy (non-hydrogen) atoms. The smallest absolute Gasteiger partial charge is 0.337 e. The lowest BCUT2D eigenvalue weighted by Gasteiger charge is -2.07. The van der Waals surface area contributed by atoms with Crippen LogP contribution in [0.15, 0.2) is 18.2 Å². The Hall–Kier alpha value is -1.55. The largest absolute Gasteiger partial charge is 0.465 e. The van der Waals surface area contributed by atoms with E-state index in [0.717, 1.165) is 17.7 Å². The number of methoxy groups -OCH3 is 2. The normalized spacial score (nSPS) is 18.1. The predicted molar refractivity (Wildman–Crippen MR) is 55.9 cm³/mol. The van der Waals surface area contributed by atoms with Gasteiger partial charge in [0.2, 0.25) is 0 Å². The number of carbonyl (C=O) groups is 1. The number of rotatable bonds is 2. The van der Waals surface area contributed by atoms with Gasteiger partial charge < -0.3 is 14.8 Å². The van der Waals surface area contributed by atoms with E-state index in [1.165, 1.54) is 7.11 Å². The van der Waals surface area contributed by atoms with Crippen molar-refractivity contribution in [3.05, 3.63) is 29.3 Å². The molecule has 1 unspecified atom stereocenters. The quantitative estimate of drug-likeness (QED) is 0.745. The Morgan fingerprint density at radius 1 is 1.47 bits per heavy atom. The molecule has 0 fully saturated rings. The summed E-state index contributed by atoms with van der Waals surface area (Å²) in [7, 11) is 3.03. The van der Waals surface area contributed by atoms with E-state index in [-0.39, 0.29) is 12.2 Å². The van der Waals surface area contributed by atoms with Crippen LogP contribution in [-0.2, 0) is 15.9 Å². The third-order valence-corrected chi connectivity index (χ3v) is 2.54. The monoisotopic (exact) mass is 207 g/mol. The van der Waals surface area contributed by atoms with Gasteiger partial charge in [0.05, 0.1) is 12.7 Å². The van der Waals surface area contributed by atoms with E-state index >= 15 is 0 Å². The van der Waals surface area contributed by atoms with Gasteiger partial charge in [-0.05, 0) is 17.7 Å². The Balaban J connectivity index is 2.26. The molecule has 0 aromatic heterocycles. The zero-order valence-corrected chi connectivity index (χ0v) is 8.74. The second-order valence-electron chi connectivity index (χ2n) is 3.44. The van der Waals surface area contributed by atoms with E-state index < -0.39 is 0 Å². The molecule has 1 atom stereocenters. The van der Waals surface area contributed by atoms with Crippen molar-refractivity contribution >= 4 is 11.7 Å². The van der Waals surface area contributed by atoms with Crippen LogP contribution >= 0.6 is 0 Å². The molecule has 4 nitrogen and oxygen atoms in total. The van der Waals surface area contributed by atoms with Crippen molar-refractivity contribution in [2.75, 3.05) is 19.5 Å². The van der Waals surface area contributed by atoms with E-state index in [1.807, 2.05) is 6.07 Å². The zero-order chi connectivity index (χ0) is 10.8. The second-order valence-corrected chi connectivity index (χ2v) is 3.44. The lowest BCUT2D eigenvalue weighted by molar-refractivity contribution is 0.0601. The highest BCUT2D eigenvalue weighted by Crippen LogP contribution is 2.27. The van der Waals surface area contributed by atoms with Gasteiger partial charge in [0.25, 0.3) is 0 Å². The van der Waals surface area contributed by atoms with Gasteiger partial charge in [-0.25, -0.2) is 4.79 Å². The van der Waals surface area contributed by atoms with Crippen molar-refractivity contribution < 1.29 is 14.3 Å². The Morgan fingerprint density at radius 3 is 2.93 bits per heavy atom. The molecule has 1 aliphatic heterocycles. The Bertz CT molecular complexity index is 389. The van der Waals surface area contributed by atoms with Crippen LogP contribution in [0.3, 0.4) is 0 Å². The minimum atomic E-state index is -0.319. The molecule has 1 N–H and O–H groups in total. The topological polar surface area (TPSA) is 47.6 Å². The van der Waals surface area contributed by atoms with Gasteiger partial charge in [-0.3, -0.25) is 0 Å². The van der Waals surface area contributed by atoms with E-state index in [9.17, 15) is 4.79 Å². The number of fused-ring (bicyclic) bond motifs is 1. The molecule has 0 amide bonds. The van der Waals surface area contributed by atoms with Crippen molar-refractivity contribution in [2.24, 2.45) is 0 Å². The average Bonchev–Trinajstić information content (AvgIpc) is 2.69. The molecule has 0 aliphatic carbocycles. The first-order valence-electron chi connectivity index (χ1n) is 4.75. The van der Waals surface area contributed by atoms with Gasteiger partial charge in [0.15, 0.2) is 0 Å². The highest BCUT2D eigenvalue weighted by atomic mass is 16.5. The standard InChI is InChI=1S/C11H13NO3/c1-14-10-6-7-3-4-8(11(13)15-2)5-9(7)12-10/h3-5,10,12H,6H2,1-2H3. The Kier molecular flexibility index (Phi) is 2.60. The van der Waals surface area contributed by atoms with Crippen LogP contribution in [0.1, 0.15) is 15.9 Å². The lowest BCUT2D eigenvalue weighted by Crippen LogP contribution is -2.16. The van der Waals surface area contributed by atoms with Gasteiger partial charge in [-0.2, -0.15) is 0 Å². The molecule has 1 aromatic rings. The molecule has 1 aromatic carbocycles. The molecule has 1 aliphatic rings. The highest BCUT2D eigenvalue weighted by Gasteiger charge is 2.21. The summed E-state index contributed by atoms with van der Waals surface area (Å²) in [6, 6.07) is 5.48. The van der Waals surface area contributed by atoms with Gasteiger partial charge >= 0.3 is 5.97 Å². The first-order valence-corrected chi connectivity index (χ1v) is 4.75. The SMILES string of the molecule is COC(=O)c1ccc2c(c1)NC(OC)C2. The number of esters is 1. The van der Waals surface area contributed by atoms with Gasteiger partial charge in [0, 0.05) is 19.2 Å². The highest BCUT2D eigenvalue weighted by molar-refractivity contribution is 5.91. The van der Waals surface area contributed by atoms with Gasteiger partial charge in [-0.15, -0.1) is 0 Å². The summed E-state index contributed by atoms with van der Waals surface area (Å²) in [6.07, 6.45) is 0.834. The van der Waals surface area contributed by atoms with Crippen LogP contribution in [0.5, 0.6) is 0 Å². The number of hydrogen-bond acceptors (Lipinski definition) is 4. The van der Waals surface area contributed by atoms with E-state index in [0.29, 0.717) is 5.56 Å². The fraction of sp³-hybridized carbons (Fsp3) is 0.364. The summed E-state index contributed by atoms with van der Waals surface area (Å²) in [5.41, 5.74) is 2.67. The van der Waals surface area contributed by atoms with E-state index in [2.05, 4.69) is 10.1 Å². The third-order valence-electron chi connectivity index (χ3n) is 2.54.